The van der Waals surface area contributed by atoms with Gasteiger partial charge in [0.1, 0.15) is 5.82 Å². The molecule has 3 heterocycles. The Balaban J connectivity index is 1.63. The predicted molar refractivity (Wildman–Crippen MR) is 127 cm³/mol. The molecule has 2 aromatic carbocycles. The number of hydrogen-bond acceptors (Lipinski definition) is 5. The summed E-state index contributed by atoms with van der Waals surface area (Å²) in [4.78, 5) is 19.0. The van der Waals surface area contributed by atoms with Gasteiger partial charge in [-0.1, -0.05) is 30.7 Å². The van der Waals surface area contributed by atoms with E-state index in [2.05, 4.69) is 9.67 Å². The molecule has 0 aliphatic carbocycles. The van der Waals surface area contributed by atoms with Crippen LogP contribution in [0.2, 0.25) is 5.02 Å². The number of rotatable bonds is 5. The molecule has 5 rings (SSSR count). The molecule has 1 aliphatic rings. The normalized spacial score (nSPS) is 16.8. The first-order valence-corrected chi connectivity index (χ1v) is 13.1. The molecule has 10 heteroatoms. The number of likely N-dealkylation sites (tertiary alicyclic amines) is 1. The number of fused-ring (bicyclic) bond motifs is 2. The molecule has 1 aliphatic heterocycles. The number of imidazole rings is 1. The minimum Gasteiger partial charge on any atom is -0.341 e. The number of para-hydroxylation sites is 1. The SMILES string of the molecule is CCC(=O)N1CC[C@@H](n2c(Cn3nc(S(C)(=O)=O)c4ccccc43)nc3cc(Cl)ccc32)C1. The fourth-order valence-corrected chi connectivity index (χ4v) is 5.65. The van der Waals surface area contributed by atoms with Crippen molar-refractivity contribution < 1.29 is 13.2 Å². The van der Waals surface area contributed by atoms with E-state index in [0.717, 1.165) is 28.8 Å². The maximum Gasteiger partial charge on any atom is 0.222 e. The highest BCUT2D eigenvalue weighted by atomic mass is 35.5. The van der Waals surface area contributed by atoms with Crippen LogP contribution in [-0.4, -0.2) is 57.9 Å². The van der Waals surface area contributed by atoms with Gasteiger partial charge in [-0.15, -0.1) is 0 Å². The predicted octanol–water partition coefficient (Wildman–Crippen LogP) is 3.67. The Morgan fingerprint density at radius 3 is 2.73 bits per heavy atom. The van der Waals surface area contributed by atoms with E-state index in [9.17, 15) is 13.2 Å². The third kappa shape index (κ3) is 3.89. The zero-order valence-corrected chi connectivity index (χ0v) is 20.0. The first-order valence-electron chi connectivity index (χ1n) is 10.9. The number of benzene rings is 2. The molecule has 1 atom stereocenters. The zero-order chi connectivity index (χ0) is 23.3. The molecule has 1 amide bonds. The Labute approximate surface area is 196 Å². The number of amides is 1. The average Bonchev–Trinajstić information content (AvgIpc) is 3.48. The number of carbonyl (C=O) groups excluding carboxylic acids is 1. The van der Waals surface area contributed by atoms with Crippen LogP contribution in [0.3, 0.4) is 0 Å². The van der Waals surface area contributed by atoms with Gasteiger partial charge >= 0.3 is 0 Å². The second-order valence-corrected chi connectivity index (χ2v) is 10.8. The largest absolute Gasteiger partial charge is 0.341 e. The van der Waals surface area contributed by atoms with Crippen molar-refractivity contribution in [2.24, 2.45) is 0 Å². The van der Waals surface area contributed by atoms with Gasteiger partial charge in [0.25, 0.3) is 0 Å². The van der Waals surface area contributed by atoms with E-state index in [-0.39, 0.29) is 17.0 Å². The third-order valence-corrected chi connectivity index (χ3v) is 7.41. The standard InChI is InChI=1S/C23H24ClN5O3S/c1-3-22(30)27-11-10-16(13-27)29-20-9-8-15(24)12-18(20)25-21(29)14-28-19-7-5-4-6-17(19)23(26-28)33(2,31)32/h4-9,12,16H,3,10-11,13-14H2,1-2H3/t16-/m1/s1. The molecule has 4 aromatic rings. The van der Waals surface area contributed by atoms with E-state index in [0.29, 0.717) is 36.5 Å². The van der Waals surface area contributed by atoms with Crippen molar-refractivity contribution in [3.05, 3.63) is 53.3 Å². The van der Waals surface area contributed by atoms with Crippen LogP contribution in [-0.2, 0) is 21.2 Å². The van der Waals surface area contributed by atoms with Crippen molar-refractivity contribution >= 4 is 49.3 Å². The molecule has 8 nitrogen and oxygen atoms in total. The van der Waals surface area contributed by atoms with Crippen LogP contribution >= 0.6 is 11.6 Å². The smallest absolute Gasteiger partial charge is 0.222 e. The molecular weight excluding hydrogens is 462 g/mol. The molecule has 1 saturated heterocycles. The second kappa shape index (κ2) is 8.14. The Kier molecular flexibility index (Phi) is 5.41. The van der Waals surface area contributed by atoms with Gasteiger partial charge in [-0.05, 0) is 36.8 Å². The highest BCUT2D eigenvalue weighted by Crippen LogP contribution is 2.31. The fourth-order valence-electron chi connectivity index (χ4n) is 4.67. The van der Waals surface area contributed by atoms with E-state index >= 15 is 0 Å². The summed E-state index contributed by atoms with van der Waals surface area (Å²) in [6.07, 6.45) is 2.47. The highest BCUT2D eigenvalue weighted by Gasteiger charge is 2.30. The third-order valence-electron chi connectivity index (χ3n) is 6.17. The summed E-state index contributed by atoms with van der Waals surface area (Å²) in [6.45, 7) is 3.48. The maximum atomic E-state index is 12.3. The van der Waals surface area contributed by atoms with Crippen LogP contribution < -0.4 is 0 Å². The van der Waals surface area contributed by atoms with Crippen molar-refractivity contribution in [2.45, 2.75) is 37.4 Å². The Morgan fingerprint density at radius 2 is 1.97 bits per heavy atom. The van der Waals surface area contributed by atoms with Gasteiger partial charge in [-0.2, -0.15) is 5.10 Å². The van der Waals surface area contributed by atoms with Crippen molar-refractivity contribution in [1.29, 1.82) is 0 Å². The Morgan fingerprint density at radius 1 is 1.18 bits per heavy atom. The van der Waals surface area contributed by atoms with Crippen LogP contribution in [0.4, 0.5) is 0 Å². The van der Waals surface area contributed by atoms with E-state index in [1.165, 1.54) is 6.26 Å². The summed E-state index contributed by atoms with van der Waals surface area (Å²) in [5.74, 6) is 0.888. The first kappa shape index (κ1) is 21.9. The van der Waals surface area contributed by atoms with E-state index in [4.69, 9.17) is 16.6 Å². The fraction of sp³-hybridized carbons (Fsp3) is 0.348. The van der Waals surface area contributed by atoms with E-state index in [1.54, 1.807) is 16.8 Å². The van der Waals surface area contributed by atoms with Crippen LogP contribution in [0.5, 0.6) is 0 Å². The molecule has 0 N–H and O–H groups in total. The number of hydrogen-bond donors (Lipinski definition) is 0. The van der Waals surface area contributed by atoms with Crippen molar-refractivity contribution in [3.8, 4) is 0 Å². The van der Waals surface area contributed by atoms with Gasteiger partial charge in [0.05, 0.1) is 29.1 Å². The van der Waals surface area contributed by atoms with Gasteiger partial charge < -0.3 is 9.47 Å². The summed E-state index contributed by atoms with van der Waals surface area (Å²) in [5, 5.41) is 5.70. The maximum absolute atomic E-state index is 12.3. The van der Waals surface area contributed by atoms with Crippen LogP contribution in [0.25, 0.3) is 21.9 Å². The Hall–Kier alpha value is -2.91. The molecular formula is C23H24ClN5O3S. The molecule has 172 valence electrons. The minimum absolute atomic E-state index is 0.0596. The van der Waals surface area contributed by atoms with Crippen molar-refractivity contribution in [1.82, 2.24) is 24.2 Å². The van der Waals surface area contributed by atoms with Crippen LogP contribution in [0.1, 0.15) is 31.6 Å². The molecule has 0 bridgehead atoms. The van der Waals surface area contributed by atoms with Gasteiger partial charge in [0.15, 0.2) is 14.9 Å². The number of halogens is 1. The molecule has 2 aromatic heterocycles. The number of aromatic nitrogens is 4. The topological polar surface area (TPSA) is 90.1 Å². The zero-order valence-electron chi connectivity index (χ0n) is 18.4. The van der Waals surface area contributed by atoms with E-state index < -0.39 is 9.84 Å². The second-order valence-electron chi connectivity index (χ2n) is 8.42. The van der Waals surface area contributed by atoms with Gasteiger partial charge in [0, 0.05) is 36.2 Å². The Bertz CT molecular complexity index is 1490. The van der Waals surface area contributed by atoms with Gasteiger partial charge in [-0.3, -0.25) is 9.48 Å². The molecule has 0 saturated carbocycles. The lowest BCUT2D eigenvalue weighted by Crippen LogP contribution is -2.28. The summed E-state index contributed by atoms with van der Waals surface area (Å²) in [6, 6.07) is 13.0. The summed E-state index contributed by atoms with van der Waals surface area (Å²) >= 11 is 6.23. The lowest BCUT2D eigenvalue weighted by molar-refractivity contribution is -0.129. The van der Waals surface area contributed by atoms with E-state index in [1.807, 2.05) is 42.2 Å². The quantitative estimate of drug-likeness (QED) is 0.430. The van der Waals surface area contributed by atoms with Gasteiger partial charge in [0.2, 0.25) is 5.91 Å². The van der Waals surface area contributed by atoms with Crippen LogP contribution in [0, 0.1) is 0 Å². The van der Waals surface area contributed by atoms with Gasteiger partial charge in [-0.25, -0.2) is 13.4 Å². The molecule has 0 unspecified atom stereocenters. The number of carbonyl (C=O) groups is 1. The summed E-state index contributed by atoms with van der Waals surface area (Å²) in [7, 11) is -3.50. The monoisotopic (exact) mass is 485 g/mol. The molecule has 1 fully saturated rings. The molecule has 0 radical (unpaired) electrons. The molecule has 33 heavy (non-hydrogen) atoms. The van der Waals surface area contributed by atoms with Crippen LogP contribution in [0.15, 0.2) is 47.5 Å². The first-order chi connectivity index (χ1) is 15.8. The van der Waals surface area contributed by atoms with Crippen molar-refractivity contribution in [2.75, 3.05) is 19.3 Å². The summed E-state index contributed by atoms with van der Waals surface area (Å²) in [5.41, 5.74) is 2.42. The average molecular weight is 486 g/mol. The molecule has 0 spiro atoms. The lowest BCUT2D eigenvalue weighted by atomic mass is 10.2. The van der Waals surface area contributed by atoms with Crippen molar-refractivity contribution in [3.63, 3.8) is 0 Å². The lowest BCUT2D eigenvalue weighted by Gasteiger charge is -2.19. The number of nitrogens with zero attached hydrogens (tertiary/aromatic N) is 5. The highest BCUT2D eigenvalue weighted by molar-refractivity contribution is 7.90. The number of sulfone groups is 1. The summed E-state index contributed by atoms with van der Waals surface area (Å²) < 4.78 is 28.5. The minimum atomic E-state index is -3.50.